The van der Waals surface area contributed by atoms with E-state index in [4.69, 9.17) is 22.6 Å². The van der Waals surface area contributed by atoms with Gasteiger partial charge in [0, 0.05) is 25.9 Å². The maximum absolute atomic E-state index is 8.38. The second kappa shape index (κ2) is 13.5. The van der Waals surface area contributed by atoms with Crippen LogP contribution in [0.2, 0.25) is 6.04 Å². The van der Waals surface area contributed by atoms with Crippen molar-refractivity contribution in [2.75, 3.05) is 26.4 Å². The van der Waals surface area contributed by atoms with Crippen LogP contribution in [0, 0.1) is 0 Å². The Morgan fingerprint density at radius 3 is 1.62 bits per heavy atom. The van der Waals surface area contributed by atoms with Gasteiger partial charge in [-0.3, -0.25) is 0 Å². The third kappa shape index (κ3) is 8.61. The predicted octanol–water partition coefficient (Wildman–Crippen LogP) is 1.26. The van der Waals surface area contributed by atoms with E-state index in [0.717, 1.165) is 12.5 Å². The van der Waals surface area contributed by atoms with E-state index >= 15 is 0 Å². The summed E-state index contributed by atoms with van der Waals surface area (Å²) in [6.45, 7) is 8.44. The zero-order valence-electron chi connectivity index (χ0n) is 10.7. The molecule has 0 atom stereocenters. The van der Waals surface area contributed by atoms with Crippen molar-refractivity contribution in [3.05, 3.63) is 0 Å². The Kier molecular flexibility index (Phi) is 15.9. The Morgan fingerprint density at radius 1 is 1.00 bits per heavy atom. The van der Waals surface area contributed by atoms with Crippen LogP contribution in [-0.4, -0.2) is 35.2 Å². The second-order valence-electron chi connectivity index (χ2n) is 2.87. The van der Waals surface area contributed by atoms with Crippen molar-refractivity contribution >= 4 is 8.80 Å². The molecule has 0 aliphatic rings. The number of nitrogens with two attached hydrogens (primary N) is 1. The van der Waals surface area contributed by atoms with Gasteiger partial charge in [0.05, 0.1) is 0 Å². The summed E-state index contributed by atoms with van der Waals surface area (Å²) in [6.07, 6.45) is 0.895. The van der Waals surface area contributed by atoms with Crippen molar-refractivity contribution in [3.63, 3.8) is 0 Å². The van der Waals surface area contributed by atoms with Crippen molar-refractivity contribution in [2.24, 2.45) is 5.73 Å². The Hall–Kier alpha value is 0.480. The van der Waals surface area contributed by atoms with Gasteiger partial charge in [0.25, 0.3) is 0 Å². The number of rotatable bonds is 9. The van der Waals surface area contributed by atoms with Crippen LogP contribution in [0.3, 0.4) is 0 Å². The quantitative estimate of drug-likeness (QED) is 0.649. The summed E-state index contributed by atoms with van der Waals surface area (Å²) in [5, 5.41) is 0. The molecule has 0 unspecified atom stereocenters. The van der Waals surface area contributed by atoms with E-state index in [2.05, 4.69) is 0 Å². The second-order valence-corrected chi connectivity index (χ2v) is 5.61. The average Bonchev–Trinajstić information content (AvgIpc) is 2.30. The first-order valence-electron chi connectivity index (χ1n) is 5.65. The molecule has 0 amide bonds. The van der Waals surface area contributed by atoms with Gasteiger partial charge >= 0.3 is 30.6 Å². The fourth-order valence-corrected chi connectivity index (χ4v) is 3.96. The van der Waals surface area contributed by atoms with Crippen LogP contribution in [0.1, 0.15) is 27.2 Å². The third-order valence-corrected chi connectivity index (χ3v) is 4.93. The standard InChI is InChI=1S/C9H23NO3Si.O.Zn/c1-4-11-14(12-5-2,13-6-3)9-7-8-10;;/h4-10H2,1-3H3;;. The molecule has 0 saturated carbocycles. The predicted molar refractivity (Wildman–Crippen MR) is 59.8 cm³/mol. The van der Waals surface area contributed by atoms with Gasteiger partial charge in [-0.1, -0.05) is 0 Å². The molecule has 5 nitrogen and oxygen atoms in total. The Labute approximate surface area is 109 Å². The van der Waals surface area contributed by atoms with Gasteiger partial charge in [-0.2, -0.15) is 0 Å². The summed E-state index contributed by atoms with van der Waals surface area (Å²) >= 11 is 0.125. The molecule has 0 heterocycles. The summed E-state index contributed by atoms with van der Waals surface area (Å²) < 4.78 is 25.3. The van der Waals surface area contributed by atoms with Gasteiger partial charge in [0.15, 0.2) is 0 Å². The number of hydrogen-bond acceptors (Lipinski definition) is 5. The normalized spacial score (nSPS) is 10.9. The van der Waals surface area contributed by atoms with Crippen LogP contribution < -0.4 is 5.73 Å². The Balaban J connectivity index is 0. The van der Waals surface area contributed by atoms with E-state index in [1.165, 1.54) is 0 Å². The van der Waals surface area contributed by atoms with E-state index in [1.54, 1.807) is 0 Å². The third-order valence-electron chi connectivity index (χ3n) is 1.78. The van der Waals surface area contributed by atoms with Gasteiger partial charge in [-0.25, -0.2) is 0 Å². The Morgan fingerprint density at radius 2 is 1.38 bits per heavy atom. The fourth-order valence-electron chi connectivity index (χ4n) is 1.32. The molecule has 94 valence electrons. The molecule has 0 saturated heterocycles. The van der Waals surface area contributed by atoms with Gasteiger partial charge in [0.1, 0.15) is 0 Å². The minimum absolute atomic E-state index is 0.125. The molecule has 0 spiro atoms. The number of hydrogen-bond donors (Lipinski definition) is 1. The molecule has 0 bridgehead atoms. The van der Waals surface area contributed by atoms with Gasteiger partial charge in [-0.05, 0) is 33.7 Å². The van der Waals surface area contributed by atoms with E-state index < -0.39 is 8.80 Å². The molecule has 0 aromatic heterocycles. The van der Waals surface area contributed by atoms with E-state index in [-0.39, 0.29) is 18.3 Å². The monoisotopic (exact) mass is 301 g/mol. The van der Waals surface area contributed by atoms with Crippen LogP contribution >= 0.6 is 0 Å². The first-order valence-corrected chi connectivity index (χ1v) is 8.79. The first kappa shape index (κ1) is 18.8. The molecule has 0 aliphatic carbocycles. The van der Waals surface area contributed by atoms with Crippen molar-refractivity contribution < 1.29 is 35.1 Å². The SMILES string of the molecule is CCO[Si](CCCN)(OCC)OCC.[O]=[Zn]. The molecule has 0 radical (unpaired) electrons. The van der Waals surface area contributed by atoms with Crippen molar-refractivity contribution in [1.29, 1.82) is 0 Å². The molecule has 0 fully saturated rings. The maximum atomic E-state index is 8.38. The van der Waals surface area contributed by atoms with E-state index in [0.29, 0.717) is 26.4 Å². The minimum atomic E-state index is -2.40. The van der Waals surface area contributed by atoms with Crippen molar-refractivity contribution in [3.8, 4) is 0 Å². The van der Waals surface area contributed by atoms with Crippen molar-refractivity contribution in [2.45, 2.75) is 33.2 Å². The van der Waals surface area contributed by atoms with Gasteiger partial charge in [0.2, 0.25) is 0 Å². The van der Waals surface area contributed by atoms with E-state index in [1.807, 2.05) is 20.8 Å². The van der Waals surface area contributed by atoms with Crippen molar-refractivity contribution in [1.82, 2.24) is 0 Å². The summed E-state index contributed by atoms with van der Waals surface area (Å²) in [7, 11) is -2.40. The topological polar surface area (TPSA) is 70.8 Å². The molecule has 7 heteroatoms. The van der Waals surface area contributed by atoms with Crippen LogP contribution in [0.4, 0.5) is 0 Å². The van der Waals surface area contributed by atoms with Gasteiger partial charge < -0.3 is 19.0 Å². The summed E-state index contributed by atoms with van der Waals surface area (Å²) in [6, 6.07) is 0.818. The zero-order valence-corrected chi connectivity index (χ0v) is 14.6. The molecule has 0 rings (SSSR count). The Bertz CT molecular complexity index is 136. The van der Waals surface area contributed by atoms with Crippen LogP contribution in [0.5, 0.6) is 0 Å². The molecule has 0 aromatic carbocycles. The fraction of sp³-hybridized carbons (Fsp3) is 1.00. The molecule has 0 aliphatic heterocycles. The van der Waals surface area contributed by atoms with E-state index in [9.17, 15) is 0 Å². The molecule has 16 heavy (non-hydrogen) atoms. The molecule has 0 aromatic rings. The summed E-state index contributed by atoms with van der Waals surface area (Å²) in [5.41, 5.74) is 5.48. The summed E-state index contributed by atoms with van der Waals surface area (Å²) in [5.74, 6) is 0. The van der Waals surface area contributed by atoms with Crippen LogP contribution in [0.25, 0.3) is 0 Å². The summed E-state index contributed by atoms with van der Waals surface area (Å²) in [4.78, 5) is 0. The molecular weight excluding hydrogens is 280 g/mol. The first-order chi connectivity index (χ1) is 7.74. The molecule has 2 N–H and O–H groups in total. The average molecular weight is 303 g/mol. The van der Waals surface area contributed by atoms with Gasteiger partial charge in [-0.15, -0.1) is 0 Å². The molecular formula is C9H23NO4SiZn. The van der Waals surface area contributed by atoms with Crippen LogP contribution in [-0.2, 0) is 35.1 Å². The van der Waals surface area contributed by atoms with Crippen LogP contribution in [0.15, 0.2) is 0 Å². The zero-order chi connectivity index (χ0) is 12.9.